The second-order valence-corrected chi connectivity index (χ2v) is 16.9. The minimum Gasteiger partial charge on any atom is -0.462 e. The quantitative estimate of drug-likeness (QED) is 0.0370. The Balaban J connectivity index is 3.98. The molecule has 2 atom stereocenters. The predicted molar refractivity (Wildman–Crippen MR) is 221 cm³/mol. The summed E-state index contributed by atoms with van der Waals surface area (Å²) >= 11 is 0. The molecule has 53 heavy (non-hydrogen) atoms. The number of esters is 2. The summed E-state index contributed by atoms with van der Waals surface area (Å²) in [5.74, 6) is -0.779. The zero-order valence-corrected chi connectivity index (χ0v) is 36.1. The third-order valence-electron chi connectivity index (χ3n) is 10.2. The SMILES string of the molecule is CCCCCCCCCCCCCCCCCCCCCC(=O)OC(COC(=O)CCCCCCCCCCCCCCCC)COP(=O)(O)OCC. The molecule has 0 radical (unpaired) electrons. The van der Waals surface area contributed by atoms with Crippen LogP contribution < -0.4 is 0 Å². The lowest BCUT2D eigenvalue weighted by Gasteiger charge is -2.19. The van der Waals surface area contributed by atoms with Gasteiger partial charge in [-0.1, -0.05) is 213 Å². The molecule has 0 aromatic heterocycles. The van der Waals surface area contributed by atoms with E-state index < -0.39 is 19.9 Å². The number of phosphoric acid groups is 1. The van der Waals surface area contributed by atoms with E-state index in [2.05, 4.69) is 13.8 Å². The van der Waals surface area contributed by atoms with Crippen molar-refractivity contribution in [3.05, 3.63) is 0 Å². The van der Waals surface area contributed by atoms with Crippen molar-refractivity contribution >= 4 is 19.8 Å². The van der Waals surface area contributed by atoms with Crippen molar-refractivity contribution in [3.63, 3.8) is 0 Å². The number of ether oxygens (including phenoxy) is 2. The van der Waals surface area contributed by atoms with Gasteiger partial charge in [0.05, 0.1) is 13.2 Å². The van der Waals surface area contributed by atoms with Crippen molar-refractivity contribution in [2.24, 2.45) is 0 Å². The highest BCUT2D eigenvalue weighted by molar-refractivity contribution is 7.47. The second kappa shape index (κ2) is 40.7. The van der Waals surface area contributed by atoms with Gasteiger partial charge < -0.3 is 14.4 Å². The minimum atomic E-state index is -4.27. The molecule has 0 bridgehead atoms. The minimum absolute atomic E-state index is 0.00577. The lowest BCUT2D eigenvalue weighted by Crippen LogP contribution is -2.29. The standard InChI is InChI=1S/C44H87O8P/c1-4-7-9-11-13-15-17-19-21-22-23-24-25-27-29-31-33-35-37-39-44(46)52-42(41-51-53(47,48)50-6-3)40-49-43(45)38-36-34-32-30-28-26-20-18-16-14-12-10-8-5-2/h42H,4-41H2,1-3H3,(H,47,48). The zero-order chi connectivity index (χ0) is 38.9. The van der Waals surface area contributed by atoms with E-state index in [1.54, 1.807) is 6.92 Å². The highest BCUT2D eigenvalue weighted by atomic mass is 31.2. The monoisotopic (exact) mass is 775 g/mol. The number of carbonyl (C=O) groups is 2. The van der Waals surface area contributed by atoms with Gasteiger partial charge in [0, 0.05) is 12.8 Å². The number of carbonyl (C=O) groups excluding carboxylic acids is 2. The van der Waals surface area contributed by atoms with Crippen LogP contribution in [-0.2, 0) is 32.7 Å². The van der Waals surface area contributed by atoms with Crippen LogP contribution in [0.5, 0.6) is 0 Å². The van der Waals surface area contributed by atoms with Crippen molar-refractivity contribution in [2.75, 3.05) is 19.8 Å². The third kappa shape index (κ3) is 40.5. The summed E-state index contributed by atoms with van der Waals surface area (Å²) in [6, 6.07) is 0. The molecule has 8 nitrogen and oxygen atoms in total. The van der Waals surface area contributed by atoms with Crippen LogP contribution in [0.25, 0.3) is 0 Å². The molecule has 0 heterocycles. The average Bonchev–Trinajstić information content (AvgIpc) is 3.13. The average molecular weight is 775 g/mol. The Labute approximate surface area is 328 Å². The molecular formula is C44H87O8P. The summed E-state index contributed by atoms with van der Waals surface area (Å²) in [5, 5.41) is 0. The van der Waals surface area contributed by atoms with Gasteiger partial charge in [0.1, 0.15) is 6.61 Å². The van der Waals surface area contributed by atoms with E-state index in [1.807, 2.05) is 0 Å². The first-order valence-electron chi connectivity index (χ1n) is 22.8. The third-order valence-corrected chi connectivity index (χ3v) is 11.2. The maximum Gasteiger partial charge on any atom is 0.472 e. The van der Waals surface area contributed by atoms with Gasteiger partial charge in [0.25, 0.3) is 0 Å². The number of rotatable bonds is 43. The van der Waals surface area contributed by atoms with Crippen LogP contribution in [0.4, 0.5) is 0 Å². The molecule has 316 valence electrons. The summed E-state index contributed by atoms with van der Waals surface area (Å²) < 4.78 is 32.7. The van der Waals surface area contributed by atoms with Crippen molar-refractivity contribution in [2.45, 2.75) is 252 Å². The Morgan fingerprint density at radius 2 is 0.736 bits per heavy atom. The van der Waals surface area contributed by atoms with E-state index in [0.717, 1.165) is 38.5 Å². The van der Waals surface area contributed by atoms with Crippen LogP contribution in [-0.4, -0.2) is 42.8 Å². The summed E-state index contributed by atoms with van der Waals surface area (Å²) in [6.07, 6.45) is 41.5. The largest absolute Gasteiger partial charge is 0.472 e. The summed E-state index contributed by atoms with van der Waals surface area (Å²) in [7, 11) is -4.27. The first kappa shape index (κ1) is 52.0. The molecule has 0 spiro atoms. The van der Waals surface area contributed by atoms with Crippen molar-refractivity contribution < 1.29 is 37.6 Å². The highest BCUT2D eigenvalue weighted by Crippen LogP contribution is 2.43. The fraction of sp³-hybridized carbons (Fsp3) is 0.955. The molecule has 0 aliphatic heterocycles. The van der Waals surface area contributed by atoms with Gasteiger partial charge in [-0.15, -0.1) is 0 Å². The number of hydrogen-bond donors (Lipinski definition) is 1. The van der Waals surface area contributed by atoms with Gasteiger partial charge >= 0.3 is 19.8 Å². The van der Waals surface area contributed by atoms with E-state index >= 15 is 0 Å². The van der Waals surface area contributed by atoms with Crippen molar-refractivity contribution in [1.82, 2.24) is 0 Å². The summed E-state index contributed by atoms with van der Waals surface area (Å²) in [4.78, 5) is 34.8. The molecule has 9 heteroatoms. The van der Waals surface area contributed by atoms with E-state index in [1.165, 1.54) is 173 Å². The van der Waals surface area contributed by atoms with Crippen LogP contribution in [0, 0.1) is 0 Å². The molecule has 0 aliphatic rings. The summed E-state index contributed by atoms with van der Waals surface area (Å²) in [5.41, 5.74) is 0. The fourth-order valence-electron chi connectivity index (χ4n) is 6.81. The number of phosphoric ester groups is 1. The van der Waals surface area contributed by atoms with Crippen LogP contribution in [0.3, 0.4) is 0 Å². The zero-order valence-electron chi connectivity index (χ0n) is 35.2. The van der Waals surface area contributed by atoms with Crippen molar-refractivity contribution in [1.29, 1.82) is 0 Å². The number of unbranched alkanes of at least 4 members (excludes halogenated alkanes) is 31. The Kier molecular flexibility index (Phi) is 40.0. The lowest BCUT2D eigenvalue weighted by atomic mass is 10.0. The topological polar surface area (TPSA) is 108 Å². The molecule has 0 saturated carbocycles. The van der Waals surface area contributed by atoms with Gasteiger partial charge in [0.15, 0.2) is 6.10 Å². The van der Waals surface area contributed by atoms with E-state index in [9.17, 15) is 19.0 Å². The molecule has 0 rings (SSSR count). The van der Waals surface area contributed by atoms with E-state index in [4.69, 9.17) is 18.5 Å². The first-order chi connectivity index (χ1) is 25.8. The molecule has 0 aliphatic carbocycles. The van der Waals surface area contributed by atoms with Crippen LogP contribution in [0.2, 0.25) is 0 Å². The van der Waals surface area contributed by atoms with Gasteiger partial charge in [-0.05, 0) is 19.8 Å². The maximum absolute atomic E-state index is 12.6. The van der Waals surface area contributed by atoms with Gasteiger partial charge in [-0.3, -0.25) is 18.6 Å². The van der Waals surface area contributed by atoms with Gasteiger partial charge in [-0.25, -0.2) is 4.57 Å². The Morgan fingerprint density at radius 1 is 0.434 bits per heavy atom. The van der Waals surface area contributed by atoms with Crippen molar-refractivity contribution in [3.8, 4) is 0 Å². The fourth-order valence-corrected chi connectivity index (χ4v) is 7.56. The Bertz CT molecular complexity index is 838. The molecule has 0 fully saturated rings. The van der Waals surface area contributed by atoms with Crippen LogP contribution in [0.15, 0.2) is 0 Å². The first-order valence-corrected chi connectivity index (χ1v) is 24.3. The summed E-state index contributed by atoms with van der Waals surface area (Å²) in [6.45, 7) is 5.53. The number of hydrogen-bond acceptors (Lipinski definition) is 7. The molecule has 1 N–H and O–H groups in total. The van der Waals surface area contributed by atoms with E-state index in [-0.39, 0.29) is 32.2 Å². The highest BCUT2D eigenvalue weighted by Gasteiger charge is 2.25. The normalized spacial score (nSPS) is 13.2. The Morgan fingerprint density at radius 3 is 1.06 bits per heavy atom. The second-order valence-electron chi connectivity index (χ2n) is 15.4. The molecule has 0 aromatic carbocycles. The lowest BCUT2D eigenvalue weighted by molar-refractivity contribution is -0.161. The molecule has 0 aromatic rings. The molecule has 0 amide bonds. The van der Waals surface area contributed by atoms with Gasteiger partial charge in [0.2, 0.25) is 0 Å². The maximum atomic E-state index is 12.6. The van der Waals surface area contributed by atoms with E-state index in [0.29, 0.717) is 6.42 Å². The molecule has 0 saturated heterocycles. The smallest absolute Gasteiger partial charge is 0.462 e. The van der Waals surface area contributed by atoms with Gasteiger partial charge in [-0.2, -0.15) is 0 Å². The predicted octanol–water partition coefficient (Wildman–Crippen LogP) is 14.3. The molecule has 2 unspecified atom stereocenters. The van der Waals surface area contributed by atoms with Crippen LogP contribution >= 0.6 is 7.82 Å². The Hall–Kier alpha value is -0.950. The molecular weight excluding hydrogens is 687 g/mol. The van der Waals surface area contributed by atoms with Crippen LogP contribution in [0.1, 0.15) is 245 Å².